The molecule has 6 spiro atoms. The van der Waals surface area contributed by atoms with Gasteiger partial charge in [0, 0.05) is 30.6 Å². The molecule has 5 heterocycles. The van der Waals surface area contributed by atoms with Crippen molar-refractivity contribution in [1.29, 1.82) is 0 Å². The molecule has 352 valence electrons. The lowest BCUT2D eigenvalue weighted by Crippen LogP contribution is -2.08. The molecular weight excluding hydrogens is 896 g/mol. The fourth-order valence-corrected chi connectivity index (χ4v) is 14.3. The number of esters is 1. The second-order valence-corrected chi connectivity index (χ2v) is 21.4. The van der Waals surface area contributed by atoms with E-state index in [1.54, 1.807) is 54.5 Å². The van der Waals surface area contributed by atoms with Gasteiger partial charge in [-0.3, -0.25) is 0 Å². The molecule has 0 unspecified atom stereocenters. The van der Waals surface area contributed by atoms with Crippen molar-refractivity contribution in [1.82, 2.24) is 39.7 Å². The highest BCUT2D eigenvalue weighted by molar-refractivity contribution is 6.32. The Hall–Kier alpha value is -5.15. The Balaban J connectivity index is 0.000000109. The second kappa shape index (κ2) is 15.7. The summed E-state index contributed by atoms with van der Waals surface area (Å²) in [4.78, 5) is 31.1. The number of halogens is 2. The first-order valence-corrected chi connectivity index (χ1v) is 25.0. The third-order valence-electron chi connectivity index (χ3n) is 17.9. The number of nitrogens with zero attached hydrogens (tertiary/aromatic N) is 7. The molecule has 9 aliphatic rings. The van der Waals surface area contributed by atoms with Gasteiger partial charge in [-0.15, -0.1) is 10.2 Å². The molecule has 9 saturated carbocycles. The maximum Gasteiger partial charge on any atom is 0.341 e. The molecule has 0 aliphatic heterocycles. The van der Waals surface area contributed by atoms with Gasteiger partial charge in [-0.1, -0.05) is 23.2 Å². The molecule has 0 aromatic carbocycles. The minimum Gasteiger partial charge on any atom is -0.478 e. The van der Waals surface area contributed by atoms with Gasteiger partial charge in [0.1, 0.15) is 10.3 Å². The van der Waals surface area contributed by atoms with Gasteiger partial charge in [0.2, 0.25) is 17.6 Å². The highest BCUT2D eigenvalue weighted by Gasteiger charge is 2.87. The molecule has 5 aromatic rings. The molecule has 0 saturated heterocycles. The molecule has 2 N–H and O–H groups in total. The van der Waals surface area contributed by atoms with Crippen molar-refractivity contribution in [2.45, 2.75) is 103 Å². The van der Waals surface area contributed by atoms with E-state index in [0.29, 0.717) is 54.0 Å². The Morgan fingerprint density at radius 1 is 0.627 bits per heavy atom. The van der Waals surface area contributed by atoms with Crippen LogP contribution in [0.5, 0.6) is 17.6 Å². The van der Waals surface area contributed by atoms with Gasteiger partial charge in [0.25, 0.3) is 0 Å². The standard InChI is InChI=1S/C20H22ClN3O3.C18H18ClN3O3.C12H16N2O/c1-2-26-18(25)13-3-4-15(22-17(13)21)24-11-5-16(23-24)27-12-6-14-19(7-8-19)20(14)9-10-20;19-15-11(16(23)24)1-2-13(20-15)22-9-3-14(21-22)25-10-4-12-17(5-6-17)18(12)7-8-18;1-7-13-14-10(1)15-8-2-9-11(3-4-11)12(9)5-6-12/h3-5,11,14H,2,6-10,12H2,1H3;1-3,9,12H,4-8,10H2,(H,23,24);1,7,9H,2-6,8H2,(H,13,14). The van der Waals surface area contributed by atoms with Crippen molar-refractivity contribution in [3.63, 3.8) is 0 Å². The van der Waals surface area contributed by atoms with Crippen molar-refractivity contribution in [3.05, 3.63) is 82.5 Å². The zero-order valence-electron chi connectivity index (χ0n) is 37.7. The van der Waals surface area contributed by atoms with Crippen LogP contribution in [-0.2, 0) is 4.74 Å². The molecule has 15 nitrogen and oxygen atoms in total. The third-order valence-corrected chi connectivity index (χ3v) is 18.5. The van der Waals surface area contributed by atoms with Gasteiger partial charge < -0.3 is 24.1 Å². The van der Waals surface area contributed by atoms with E-state index in [9.17, 15) is 9.59 Å². The zero-order valence-corrected chi connectivity index (χ0v) is 39.2. The van der Waals surface area contributed by atoms with Crippen LogP contribution in [0.1, 0.15) is 124 Å². The Labute approximate surface area is 398 Å². The van der Waals surface area contributed by atoms with Crippen LogP contribution >= 0.6 is 23.2 Å². The molecule has 9 fully saturated rings. The van der Waals surface area contributed by atoms with E-state index in [1.807, 2.05) is 12.1 Å². The van der Waals surface area contributed by atoms with Gasteiger partial charge in [-0.2, -0.15) is 5.10 Å². The monoisotopic (exact) mass is 950 g/mol. The lowest BCUT2D eigenvalue weighted by molar-refractivity contribution is 0.0525. The van der Waals surface area contributed by atoms with Crippen LogP contribution in [0.2, 0.25) is 10.3 Å². The number of pyridine rings is 2. The first-order chi connectivity index (χ1) is 32.5. The van der Waals surface area contributed by atoms with E-state index in [1.165, 1.54) is 94.2 Å². The molecule has 0 amide bonds. The molecule has 5 aromatic heterocycles. The van der Waals surface area contributed by atoms with E-state index in [4.69, 9.17) is 47.3 Å². The summed E-state index contributed by atoms with van der Waals surface area (Å²) in [6, 6.07) is 11.8. The van der Waals surface area contributed by atoms with Crippen LogP contribution in [0, 0.1) is 50.2 Å². The number of aromatic nitrogens is 8. The number of ether oxygens (including phenoxy) is 4. The van der Waals surface area contributed by atoms with Gasteiger partial charge in [-0.05, 0) is 178 Å². The number of carboxylic acid groups (broad SMARTS) is 1. The largest absolute Gasteiger partial charge is 0.478 e. The van der Waals surface area contributed by atoms with Crippen molar-refractivity contribution >= 4 is 35.1 Å². The van der Waals surface area contributed by atoms with E-state index in [0.717, 1.165) is 64.7 Å². The molecule has 0 radical (unpaired) electrons. The molecular formula is C50H56Cl2N8O7. The van der Waals surface area contributed by atoms with E-state index in [-0.39, 0.29) is 21.4 Å². The summed E-state index contributed by atoms with van der Waals surface area (Å²) in [6.45, 7) is 4.30. The van der Waals surface area contributed by atoms with Crippen LogP contribution in [0.3, 0.4) is 0 Å². The fourth-order valence-electron chi connectivity index (χ4n) is 13.9. The summed E-state index contributed by atoms with van der Waals surface area (Å²) in [5.41, 5.74) is 4.73. The van der Waals surface area contributed by atoms with Crippen molar-refractivity contribution in [3.8, 4) is 29.3 Å². The Morgan fingerprint density at radius 3 is 1.40 bits per heavy atom. The maximum atomic E-state index is 11.8. The lowest BCUT2D eigenvalue weighted by atomic mass is 10.2. The third kappa shape index (κ3) is 7.31. The second-order valence-electron chi connectivity index (χ2n) is 20.7. The number of aromatic amines is 1. The number of fused-ring (bicyclic) bond motifs is 3. The Bertz CT molecular complexity index is 2660. The van der Waals surface area contributed by atoms with E-state index in [2.05, 4.69) is 30.4 Å². The number of carbonyl (C=O) groups is 2. The minimum atomic E-state index is -1.10. The minimum absolute atomic E-state index is 0.0264. The normalized spacial score (nSPS) is 22.7. The summed E-state index contributed by atoms with van der Waals surface area (Å²) in [7, 11) is 0. The number of hydrogen-bond acceptors (Lipinski definition) is 11. The maximum absolute atomic E-state index is 11.8. The molecule has 17 heteroatoms. The highest BCUT2D eigenvalue weighted by atomic mass is 35.5. The van der Waals surface area contributed by atoms with Gasteiger partial charge >= 0.3 is 11.9 Å². The zero-order chi connectivity index (χ0) is 45.8. The summed E-state index contributed by atoms with van der Waals surface area (Å²) < 4.78 is 25.4. The summed E-state index contributed by atoms with van der Waals surface area (Å²) in [5.74, 6) is 4.09. The Morgan fingerprint density at radius 2 is 1.04 bits per heavy atom. The van der Waals surface area contributed by atoms with Crippen molar-refractivity contribution in [2.24, 2.45) is 50.2 Å². The smallest absolute Gasteiger partial charge is 0.341 e. The summed E-state index contributed by atoms with van der Waals surface area (Å²) >= 11 is 12.0. The predicted molar refractivity (Wildman–Crippen MR) is 245 cm³/mol. The van der Waals surface area contributed by atoms with Gasteiger partial charge in [0.15, 0.2) is 11.6 Å². The van der Waals surface area contributed by atoms with E-state index >= 15 is 0 Å². The number of H-pyrrole nitrogens is 1. The number of carboxylic acids is 1. The van der Waals surface area contributed by atoms with Crippen LogP contribution in [0.15, 0.2) is 61.1 Å². The summed E-state index contributed by atoms with van der Waals surface area (Å²) in [5, 5.41) is 24.5. The lowest BCUT2D eigenvalue weighted by Gasteiger charge is -2.06. The average Bonchev–Trinajstić information content (AvgIpc) is 4.11. The number of carbonyl (C=O) groups excluding carboxylic acids is 1. The summed E-state index contributed by atoms with van der Waals surface area (Å²) in [6.07, 6.45) is 26.2. The number of rotatable bonds is 17. The van der Waals surface area contributed by atoms with Crippen LogP contribution in [-0.4, -0.2) is 83.2 Å². The molecule has 0 atom stereocenters. The molecule has 9 aliphatic carbocycles. The predicted octanol–water partition coefficient (Wildman–Crippen LogP) is 10.0. The van der Waals surface area contributed by atoms with Gasteiger partial charge in [0.05, 0.1) is 43.8 Å². The molecule has 14 rings (SSSR count). The van der Waals surface area contributed by atoms with Crippen LogP contribution in [0.25, 0.3) is 11.6 Å². The van der Waals surface area contributed by atoms with Crippen molar-refractivity contribution in [2.75, 3.05) is 26.4 Å². The number of hydrogen-bond donors (Lipinski definition) is 2. The molecule has 0 bridgehead atoms. The van der Waals surface area contributed by atoms with Crippen LogP contribution in [0.4, 0.5) is 0 Å². The topological polar surface area (TPSA) is 181 Å². The van der Waals surface area contributed by atoms with Gasteiger partial charge in [-0.25, -0.2) is 34.0 Å². The van der Waals surface area contributed by atoms with Crippen molar-refractivity contribution < 1.29 is 33.6 Å². The SMILES string of the molecule is CCOC(=O)c1ccc(-n2ccc(OCCC3C4(CC4)C34CC4)n2)nc1Cl.O=C(O)c1ccc(-n2ccc(OCCC3C4(CC4)C34CC4)n2)nc1Cl.c1cc(OCCC2C3(CC3)C23CC3)[nH]n1. The van der Waals surface area contributed by atoms with E-state index < -0.39 is 11.9 Å². The highest BCUT2D eigenvalue weighted by Crippen LogP contribution is 2.94. The first-order valence-electron chi connectivity index (χ1n) is 24.3. The first kappa shape index (κ1) is 43.2. The number of aromatic carboxylic acids is 1. The molecule has 67 heavy (non-hydrogen) atoms. The number of nitrogens with one attached hydrogen (secondary N) is 1. The fraction of sp³-hybridized carbons (Fsp3) is 0.580. The quantitative estimate of drug-likeness (QED) is 0.0666. The Kier molecular flexibility index (Phi) is 10.1. The van der Waals surface area contributed by atoms with Crippen LogP contribution < -0.4 is 14.2 Å². The average molecular weight is 952 g/mol.